The quantitative estimate of drug-likeness (QED) is 0.732. The Morgan fingerprint density at radius 3 is 2.73 bits per heavy atom. The fourth-order valence-electron chi connectivity index (χ4n) is 4.54. The van der Waals surface area contributed by atoms with Crippen molar-refractivity contribution in [3.05, 3.63) is 53.7 Å². The Kier molecular flexibility index (Phi) is 6.41. The summed E-state index contributed by atoms with van der Waals surface area (Å²) in [5, 5.41) is 0. The summed E-state index contributed by atoms with van der Waals surface area (Å²) in [7, 11) is 0. The summed E-state index contributed by atoms with van der Waals surface area (Å²) in [6, 6.07) is 11.7. The molecule has 2 heterocycles. The van der Waals surface area contributed by atoms with Gasteiger partial charge >= 0.3 is 6.09 Å². The number of nitrogen functional groups attached to an aromatic ring is 1. The molecule has 2 N–H and O–H groups in total. The van der Waals surface area contributed by atoms with Gasteiger partial charge in [0.25, 0.3) is 0 Å². The number of carbonyl (C=O) groups is 1. The van der Waals surface area contributed by atoms with Crippen LogP contribution in [0.4, 0.5) is 10.5 Å². The van der Waals surface area contributed by atoms with E-state index in [0.717, 1.165) is 55.3 Å². The molecule has 2 fully saturated rings. The Labute approximate surface area is 178 Å². The molecule has 1 saturated heterocycles. The molecule has 0 spiro atoms. The van der Waals surface area contributed by atoms with Crippen LogP contribution in [0.3, 0.4) is 0 Å². The largest absolute Gasteiger partial charge is 0.477 e. The van der Waals surface area contributed by atoms with E-state index in [0.29, 0.717) is 30.7 Å². The minimum absolute atomic E-state index is 0.190. The topological polar surface area (TPSA) is 77.7 Å². The summed E-state index contributed by atoms with van der Waals surface area (Å²) in [6.45, 7) is 4.60. The van der Waals surface area contributed by atoms with Gasteiger partial charge in [0.15, 0.2) is 0 Å². The first-order chi connectivity index (χ1) is 14.6. The van der Waals surface area contributed by atoms with Crippen LogP contribution < -0.4 is 10.5 Å². The highest BCUT2D eigenvalue weighted by molar-refractivity contribution is 5.67. The number of amides is 1. The molecule has 4 rings (SSSR count). The van der Waals surface area contributed by atoms with E-state index < -0.39 is 0 Å². The van der Waals surface area contributed by atoms with Crippen molar-refractivity contribution < 1.29 is 14.3 Å². The number of nitrogens with zero attached hydrogens (tertiary/aromatic N) is 2. The van der Waals surface area contributed by atoms with Crippen molar-refractivity contribution in [2.24, 2.45) is 17.8 Å². The van der Waals surface area contributed by atoms with Crippen molar-refractivity contribution in [2.45, 2.75) is 39.2 Å². The van der Waals surface area contributed by atoms with E-state index in [4.69, 9.17) is 15.2 Å². The minimum atomic E-state index is -0.190. The van der Waals surface area contributed by atoms with Gasteiger partial charge in [0.1, 0.15) is 6.61 Å². The number of hydrogen-bond donors (Lipinski definition) is 1. The summed E-state index contributed by atoms with van der Waals surface area (Å²) >= 11 is 0. The maximum absolute atomic E-state index is 12.3. The molecule has 2 aliphatic rings. The predicted octanol–water partition coefficient (Wildman–Crippen LogP) is 4.43. The highest BCUT2D eigenvalue weighted by Gasteiger charge is 2.43. The van der Waals surface area contributed by atoms with Gasteiger partial charge in [-0.15, -0.1) is 0 Å². The second kappa shape index (κ2) is 9.37. The summed E-state index contributed by atoms with van der Waals surface area (Å²) in [5.41, 5.74) is 8.40. The maximum Gasteiger partial charge on any atom is 0.410 e. The Bertz CT molecular complexity index is 850. The average molecular weight is 410 g/mol. The second-order valence-corrected chi connectivity index (χ2v) is 8.55. The van der Waals surface area contributed by atoms with Crippen LogP contribution in [0.15, 0.2) is 42.6 Å². The lowest BCUT2D eigenvalue weighted by Crippen LogP contribution is -2.39. The molecule has 6 nitrogen and oxygen atoms in total. The standard InChI is InChI=1S/C24H31N3O3/c1-17-13-21(25)15-26-23(17)29-12-9-20-14-22(20)19-7-10-27(11-8-19)24(28)30-16-18-5-3-2-4-6-18/h2-6,13,15,19-20,22H,7-12,14,16,25H2,1H3. The molecule has 1 amide bonds. The lowest BCUT2D eigenvalue weighted by molar-refractivity contribution is 0.0796. The van der Waals surface area contributed by atoms with Gasteiger partial charge in [-0.05, 0) is 62.0 Å². The second-order valence-electron chi connectivity index (χ2n) is 8.55. The molecule has 1 aliphatic heterocycles. The molecule has 2 aromatic rings. The third kappa shape index (κ3) is 5.23. The fourth-order valence-corrected chi connectivity index (χ4v) is 4.54. The molecule has 6 heteroatoms. The van der Waals surface area contributed by atoms with Crippen LogP contribution in [0, 0.1) is 24.7 Å². The van der Waals surface area contributed by atoms with Crippen molar-refractivity contribution in [3.8, 4) is 5.88 Å². The number of ether oxygens (including phenoxy) is 2. The number of carbonyl (C=O) groups excluding carboxylic acids is 1. The van der Waals surface area contributed by atoms with Gasteiger partial charge in [0.05, 0.1) is 18.5 Å². The lowest BCUT2D eigenvalue weighted by Gasteiger charge is -2.31. The molecule has 1 aromatic carbocycles. The van der Waals surface area contributed by atoms with Gasteiger partial charge in [-0.1, -0.05) is 30.3 Å². The Balaban J connectivity index is 1.13. The zero-order chi connectivity index (χ0) is 20.9. The maximum atomic E-state index is 12.3. The van der Waals surface area contributed by atoms with E-state index in [2.05, 4.69) is 4.98 Å². The van der Waals surface area contributed by atoms with E-state index in [1.165, 1.54) is 6.42 Å². The SMILES string of the molecule is Cc1cc(N)cnc1OCCC1CC1C1CCN(C(=O)OCc2ccccc2)CC1. The molecule has 1 aromatic heterocycles. The summed E-state index contributed by atoms with van der Waals surface area (Å²) in [6.07, 6.45) is 5.93. The summed E-state index contributed by atoms with van der Waals surface area (Å²) in [5.74, 6) is 2.91. The number of rotatable bonds is 7. The van der Waals surface area contributed by atoms with E-state index in [1.54, 1.807) is 6.20 Å². The molecule has 2 atom stereocenters. The monoisotopic (exact) mass is 409 g/mol. The first-order valence-corrected chi connectivity index (χ1v) is 10.9. The first-order valence-electron chi connectivity index (χ1n) is 10.9. The lowest BCUT2D eigenvalue weighted by atomic mass is 9.91. The van der Waals surface area contributed by atoms with Crippen LogP contribution in [0.25, 0.3) is 0 Å². The molecule has 2 unspecified atom stereocenters. The van der Waals surface area contributed by atoms with Gasteiger partial charge in [-0.25, -0.2) is 9.78 Å². The number of hydrogen-bond acceptors (Lipinski definition) is 5. The third-order valence-electron chi connectivity index (χ3n) is 6.36. The fraction of sp³-hybridized carbons (Fsp3) is 0.500. The predicted molar refractivity (Wildman–Crippen MR) is 116 cm³/mol. The van der Waals surface area contributed by atoms with E-state index >= 15 is 0 Å². The normalized spacial score (nSPS) is 21.3. The number of benzene rings is 1. The van der Waals surface area contributed by atoms with Crippen molar-refractivity contribution in [2.75, 3.05) is 25.4 Å². The minimum Gasteiger partial charge on any atom is -0.477 e. The van der Waals surface area contributed by atoms with Crippen LogP contribution in [0.2, 0.25) is 0 Å². The third-order valence-corrected chi connectivity index (χ3v) is 6.36. The van der Waals surface area contributed by atoms with E-state index in [9.17, 15) is 4.79 Å². The van der Waals surface area contributed by atoms with Gasteiger partial charge in [-0.3, -0.25) is 0 Å². The van der Waals surface area contributed by atoms with Crippen LogP contribution in [-0.4, -0.2) is 35.7 Å². The molecule has 0 bridgehead atoms. The highest BCUT2D eigenvalue weighted by Crippen LogP contribution is 2.49. The van der Waals surface area contributed by atoms with Gasteiger partial charge in [0, 0.05) is 18.7 Å². The summed E-state index contributed by atoms with van der Waals surface area (Å²) < 4.78 is 11.3. The number of nitrogens with two attached hydrogens (primary N) is 1. The number of piperidine rings is 1. The first kappa shape index (κ1) is 20.5. The van der Waals surface area contributed by atoms with Crippen LogP contribution >= 0.6 is 0 Å². The van der Waals surface area contributed by atoms with Crippen molar-refractivity contribution in [1.82, 2.24) is 9.88 Å². The van der Waals surface area contributed by atoms with Crippen LogP contribution in [0.1, 0.15) is 36.8 Å². The molecule has 1 aliphatic carbocycles. The molecule has 1 saturated carbocycles. The van der Waals surface area contributed by atoms with E-state index in [1.807, 2.05) is 48.2 Å². The van der Waals surface area contributed by atoms with Gasteiger partial charge in [0.2, 0.25) is 5.88 Å². The number of aryl methyl sites for hydroxylation is 1. The smallest absolute Gasteiger partial charge is 0.410 e. The molecule has 160 valence electrons. The number of likely N-dealkylation sites (tertiary alicyclic amines) is 1. The molecule has 0 radical (unpaired) electrons. The van der Waals surface area contributed by atoms with Gasteiger partial charge < -0.3 is 20.1 Å². The van der Waals surface area contributed by atoms with Crippen LogP contribution in [0.5, 0.6) is 5.88 Å². The van der Waals surface area contributed by atoms with Crippen molar-refractivity contribution in [3.63, 3.8) is 0 Å². The molecular formula is C24H31N3O3. The number of pyridine rings is 1. The Morgan fingerprint density at radius 1 is 1.23 bits per heavy atom. The zero-order valence-electron chi connectivity index (χ0n) is 17.6. The van der Waals surface area contributed by atoms with Crippen molar-refractivity contribution in [1.29, 1.82) is 0 Å². The van der Waals surface area contributed by atoms with Gasteiger partial charge in [-0.2, -0.15) is 0 Å². The van der Waals surface area contributed by atoms with Crippen LogP contribution in [-0.2, 0) is 11.3 Å². The highest BCUT2D eigenvalue weighted by atomic mass is 16.6. The molecular weight excluding hydrogens is 378 g/mol. The summed E-state index contributed by atoms with van der Waals surface area (Å²) in [4.78, 5) is 18.4. The number of aromatic nitrogens is 1. The Hall–Kier alpha value is -2.76. The van der Waals surface area contributed by atoms with E-state index in [-0.39, 0.29) is 6.09 Å². The zero-order valence-corrected chi connectivity index (χ0v) is 17.6. The number of anilines is 1. The molecule has 30 heavy (non-hydrogen) atoms. The Morgan fingerprint density at radius 2 is 2.00 bits per heavy atom. The van der Waals surface area contributed by atoms with Crippen molar-refractivity contribution >= 4 is 11.8 Å². The average Bonchev–Trinajstić information content (AvgIpc) is 3.54.